The quantitative estimate of drug-likeness (QED) is 0.772. The second-order valence-corrected chi connectivity index (χ2v) is 6.01. The third kappa shape index (κ3) is 2.41. The van der Waals surface area contributed by atoms with E-state index in [4.69, 9.17) is 9.15 Å². The fourth-order valence-electron chi connectivity index (χ4n) is 3.40. The molecule has 0 aliphatic carbocycles. The number of amides is 1. The lowest BCUT2D eigenvalue weighted by Gasteiger charge is -2.26. The van der Waals surface area contributed by atoms with Gasteiger partial charge in [-0.3, -0.25) is 9.89 Å². The molecule has 0 fully saturated rings. The summed E-state index contributed by atoms with van der Waals surface area (Å²) in [5, 5.41) is 7.25. The van der Waals surface area contributed by atoms with Crippen LogP contribution in [0.4, 0.5) is 0 Å². The van der Waals surface area contributed by atoms with Crippen molar-refractivity contribution >= 4 is 5.91 Å². The molecule has 6 heteroatoms. The van der Waals surface area contributed by atoms with Gasteiger partial charge in [0.25, 0.3) is 5.91 Å². The molecule has 0 spiro atoms. The molecule has 0 radical (unpaired) electrons. The Morgan fingerprint density at radius 3 is 2.72 bits per heavy atom. The Hall–Kier alpha value is -3.02. The number of furan rings is 1. The van der Waals surface area contributed by atoms with Gasteiger partial charge < -0.3 is 14.1 Å². The van der Waals surface area contributed by atoms with Crippen LogP contribution in [0.25, 0.3) is 11.5 Å². The van der Waals surface area contributed by atoms with E-state index in [1.165, 1.54) is 0 Å². The zero-order chi connectivity index (χ0) is 17.4. The predicted molar refractivity (Wildman–Crippen MR) is 92.5 cm³/mol. The first-order valence-corrected chi connectivity index (χ1v) is 8.31. The summed E-state index contributed by atoms with van der Waals surface area (Å²) in [6.07, 6.45) is 2.49. The number of carbonyl (C=O) groups excluding carboxylic acids is 1. The van der Waals surface area contributed by atoms with Crippen LogP contribution in [0.1, 0.15) is 41.0 Å². The highest BCUT2D eigenvalue weighted by Gasteiger charge is 2.42. The summed E-state index contributed by atoms with van der Waals surface area (Å²) in [5.41, 5.74) is 3.13. The minimum atomic E-state index is -0.188. The second kappa shape index (κ2) is 6.12. The molecule has 25 heavy (non-hydrogen) atoms. The first-order valence-electron chi connectivity index (χ1n) is 8.31. The molecule has 0 saturated heterocycles. The Morgan fingerprint density at radius 1 is 1.28 bits per heavy atom. The van der Waals surface area contributed by atoms with Crippen molar-refractivity contribution in [3.63, 3.8) is 0 Å². The number of ether oxygens (including phenoxy) is 1. The minimum absolute atomic E-state index is 0.0493. The van der Waals surface area contributed by atoms with Gasteiger partial charge in [-0.1, -0.05) is 19.1 Å². The molecule has 2 aromatic heterocycles. The number of nitrogens with one attached hydrogen (secondary N) is 1. The maximum absolute atomic E-state index is 12.9. The van der Waals surface area contributed by atoms with Gasteiger partial charge in [0.1, 0.15) is 11.4 Å². The summed E-state index contributed by atoms with van der Waals surface area (Å²) in [6, 6.07) is 11.3. The van der Waals surface area contributed by atoms with E-state index in [2.05, 4.69) is 17.1 Å². The largest absolute Gasteiger partial charge is 0.497 e. The fourth-order valence-corrected chi connectivity index (χ4v) is 3.40. The van der Waals surface area contributed by atoms with Gasteiger partial charge in [-0.2, -0.15) is 5.10 Å². The highest BCUT2D eigenvalue weighted by Crippen LogP contribution is 2.43. The van der Waals surface area contributed by atoms with E-state index in [0.29, 0.717) is 18.0 Å². The normalized spacial score (nSPS) is 16.3. The number of aromatic nitrogens is 2. The van der Waals surface area contributed by atoms with E-state index in [1.807, 2.05) is 41.3 Å². The van der Waals surface area contributed by atoms with Gasteiger partial charge in [-0.15, -0.1) is 0 Å². The lowest BCUT2D eigenvalue weighted by Crippen LogP contribution is -2.30. The van der Waals surface area contributed by atoms with Crippen molar-refractivity contribution in [2.45, 2.75) is 19.4 Å². The molecule has 128 valence electrons. The minimum Gasteiger partial charge on any atom is -0.497 e. The molecule has 3 aromatic rings. The van der Waals surface area contributed by atoms with Crippen molar-refractivity contribution < 1.29 is 13.9 Å². The standard InChI is InChI=1S/C19H19N3O3/c1-3-10-22-18(12-6-8-13(24-2)9-7-12)15-16(14-5-4-11-25-14)20-21-17(15)19(22)23/h4-9,11,18H,3,10H2,1-2H3,(H,20,21)/t18-/m1/s1. The summed E-state index contributed by atoms with van der Waals surface area (Å²) in [7, 11) is 1.64. The number of carbonyl (C=O) groups is 1. The molecule has 0 unspecified atom stereocenters. The summed E-state index contributed by atoms with van der Waals surface area (Å²) < 4.78 is 10.8. The smallest absolute Gasteiger partial charge is 0.275 e. The highest BCUT2D eigenvalue weighted by atomic mass is 16.5. The van der Waals surface area contributed by atoms with Crippen LogP contribution in [0.15, 0.2) is 47.1 Å². The molecule has 1 aliphatic heterocycles. The van der Waals surface area contributed by atoms with Crippen LogP contribution in [-0.4, -0.2) is 34.7 Å². The summed E-state index contributed by atoms with van der Waals surface area (Å²) in [5.74, 6) is 1.42. The highest BCUT2D eigenvalue weighted by molar-refractivity contribution is 5.99. The summed E-state index contributed by atoms with van der Waals surface area (Å²) in [6.45, 7) is 2.73. The number of H-pyrrole nitrogens is 1. The average Bonchev–Trinajstić information content (AvgIpc) is 3.35. The van der Waals surface area contributed by atoms with Gasteiger partial charge in [0, 0.05) is 12.1 Å². The topological polar surface area (TPSA) is 71.4 Å². The molecule has 1 aromatic carbocycles. The van der Waals surface area contributed by atoms with E-state index >= 15 is 0 Å². The van der Waals surface area contributed by atoms with Gasteiger partial charge in [0.15, 0.2) is 11.5 Å². The van der Waals surface area contributed by atoms with Crippen molar-refractivity contribution in [3.05, 3.63) is 59.5 Å². The third-order valence-electron chi connectivity index (χ3n) is 4.52. The van der Waals surface area contributed by atoms with E-state index in [0.717, 1.165) is 29.0 Å². The first kappa shape index (κ1) is 15.5. The van der Waals surface area contributed by atoms with Gasteiger partial charge >= 0.3 is 0 Å². The molecule has 1 atom stereocenters. The van der Waals surface area contributed by atoms with Crippen molar-refractivity contribution in [2.75, 3.05) is 13.7 Å². The monoisotopic (exact) mass is 337 g/mol. The van der Waals surface area contributed by atoms with Crippen molar-refractivity contribution in [3.8, 4) is 17.2 Å². The second-order valence-electron chi connectivity index (χ2n) is 6.01. The van der Waals surface area contributed by atoms with Crippen LogP contribution >= 0.6 is 0 Å². The molecular formula is C19H19N3O3. The van der Waals surface area contributed by atoms with Crippen LogP contribution in [0, 0.1) is 0 Å². The number of hydrogen-bond acceptors (Lipinski definition) is 4. The van der Waals surface area contributed by atoms with Crippen LogP contribution in [0.5, 0.6) is 5.75 Å². The Morgan fingerprint density at radius 2 is 2.08 bits per heavy atom. The van der Waals surface area contributed by atoms with Gasteiger partial charge in [-0.25, -0.2) is 0 Å². The lowest BCUT2D eigenvalue weighted by molar-refractivity contribution is 0.0744. The molecule has 3 heterocycles. The number of benzene rings is 1. The SMILES string of the molecule is CCCN1C(=O)c2n[nH]c(-c3ccco3)c2[C@H]1c1ccc(OC)cc1. The van der Waals surface area contributed by atoms with Crippen molar-refractivity contribution in [2.24, 2.45) is 0 Å². The van der Waals surface area contributed by atoms with Crippen molar-refractivity contribution in [1.82, 2.24) is 15.1 Å². The maximum Gasteiger partial charge on any atom is 0.275 e. The predicted octanol–water partition coefficient (Wildman–Crippen LogP) is 3.63. The Balaban J connectivity index is 1.85. The van der Waals surface area contributed by atoms with Crippen molar-refractivity contribution in [1.29, 1.82) is 0 Å². The Kier molecular flexibility index (Phi) is 3.80. The molecule has 1 amide bonds. The Bertz CT molecular complexity index is 881. The van der Waals surface area contributed by atoms with Crippen LogP contribution < -0.4 is 4.74 Å². The molecular weight excluding hydrogens is 318 g/mol. The molecule has 1 N–H and O–H groups in total. The zero-order valence-electron chi connectivity index (χ0n) is 14.2. The number of methoxy groups -OCH3 is 1. The average molecular weight is 337 g/mol. The number of hydrogen-bond donors (Lipinski definition) is 1. The number of fused-ring (bicyclic) bond motifs is 1. The number of rotatable bonds is 5. The summed E-state index contributed by atoms with van der Waals surface area (Å²) in [4.78, 5) is 14.7. The lowest BCUT2D eigenvalue weighted by atomic mass is 9.98. The Labute approximate surface area is 145 Å². The van der Waals surface area contributed by atoms with Crippen LogP contribution in [-0.2, 0) is 0 Å². The zero-order valence-corrected chi connectivity index (χ0v) is 14.2. The fraction of sp³-hybridized carbons (Fsp3) is 0.263. The van der Waals surface area contributed by atoms with Crippen LogP contribution in [0.3, 0.4) is 0 Å². The van der Waals surface area contributed by atoms with Crippen LogP contribution in [0.2, 0.25) is 0 Å². The number of nitrogens with zero attached hydrogens (tertiary/aromatic N) is 2. The third-order valence-corrected chi connectivity index (χ3v) is 4.52. The molecule has 0 bridgehead atoms. The van der Waals surface area contributed by atoms with Gasteiger partial charge in [-0.05, 0) is 36.2 Å². The van der Waals surface area contributed by atoms with E-state index in [-0.39, 0.29) is 11.9 Å². The van der Waals surface area contributed by atoms with Gasteiger partial charge in [0.05, 0.1) is 19.4 Å². The molecule has 4 rings (SSSR count). The molecule has 1 aliphatic rings. The summed E-state index contributed by atoms with van der Waals surface area (Å²) >= 11 is 0. The maximum atomic E-state index is 12.9. The molecule has 6 nitrogen and oxygen atoms in total. The first-order chi connectivity index (χ1) is 12.2. The van der Waals surface area contributed by atoms with Gasteiger partial charge in [0.2, 0.25) is 0 Å². The van der Waals surface area contributed by atoms with E-state index in [1.54, 1.807) is 13.4 Å². The molecule has 0 saturated carbocycles. The number of aromatic amines is 1. The van der Waals surface area contributed by atoms with E-state index < -0.39 is 0 Å². The van der Waals surface area contributed by atoms with E-state index in [9.17, 15) is 4.79 Å².